The number of aromatic nitrogens is 1. The van der Waals surface area contributed by atoms with E-state index in [1.165, 1.54) is 0 Å². The van der Waals surface area contributed by atoms with E-state index in [2.05, 4.69) is 15.6 Å². The molecule has 5 nitrogen and oxygen atoms in total. The highest BCUT2D eigenvalue weighted by atomic mass is 35.5. The topological polar surface area (TPSA) is 71.1 Å². The number of benzene rings is 1. The van der Waals surface area contributed by atoms with Crippen LogP contribution in [0.5, 0.6) is 0 Å². The molecule has 0 aliphatic carbocycles. The van der Waals surface area contributed by atoms with E-state index in [1.54, 1.807) is 42.6 Å². The first-order chi connectivity index (χ1) is 9.54. The number of carbonyl (C=O) groups is 2. The van der Waals surface area contributed by atoms with Gasteiger partial charge < -0.3 is 10.6 Å². The Labute approximate surface area is 121 Å². The maximum atomic E-state index is 11.7. The van der Waals surface area contributed by atoms with Crippen molar-refractivity contribution in [2.24, 2.45) is 0 Å². The third kappa shape index (κ3) is 3.80. The van der Waals surface area contributed by atoms with Crippen LogP contribution < -0.4 is 10.6 Å². The number of hydrogen-bond donors (Lipinski definition) is 2. The Morgan fingerprint density at radius 3 is 2.55 bits per heavy atom. The van der Waals surface area contributed by atoms with Crippen molar-refractivity contribution in [3.63, 3.8) is 0 Å². The summed E-state index contributed by atoms with van der Waals surface area (Å²) in [6.07, 6.45) is 1.56. The number of hydrogen-bond acceptors (Lipinski definition) is 3. The second-order valence-corrected chi connectivity index (χ2v) is 4.57. The average Bonchev–Trinajstić information content (AvgIpc) is 2.38. The molecule has 2 amide bonds. The molecule has 0 radical (unpaired) electrons. The molecule has 1 aromatic carbocycles. The lowest BCUT2D eigenvalue weighted by Crippen LogP contribution is -2.29. The molecule has 0 bridgehead atoms. The molecule has 0 fully saturated rings. The van der Waals surface area contributed by atoms with Crippen LogP contribution in [0, 0.1) is 6.92 Å². The van der Waals surface area contributed by atoms with Crippen molar-refractivity contribution < 1.29 is 9.59 Å². The number of nitrogens with zero attached hydrogens (tertiary/aromatic N) is 1. The lowest BCUT2D eigenvalue weighted by Gasteiger charge is -2.06. The fourth-order valence-corrected chi connectivity index (χ4v) is 1.72. The quantitative estimate of drug-likeness (QED) is 0.835. The highest BCUT2D eigenvalue weighted by Crippen LogP contribution is 2.14. The van der Waals surface area contributed by atoms with E-state index < -0.39 is 11.8 Å². The maximum Gasteiger partial charge on any atom is 0.315 e. The van der Waals surface area contributed by atoms with Gasteiger partial charge in [0, 0.05) is 16.9 Å². The van der Waals surface area contributed by atoms with Crippen LogP contribution in [-0.2, 0) is 9.59 Å². The summed E-state index contributed by atoms with van der Waals surface area (Å²) in [5, 5.41) is 5.35. The van der Waals surface area contributed by atoms with Crippen molar-refractivity contribution in [3.8, 4) is 0 Å². The van der Waals surface area contributed by atoms with Crippen LogP contribution in [0.2, 0.25) is 5.02 Å². The maximum absolute atomic E-state index is 11.7. The zero-order valence-electron chi connectivity index (χ0n) is 10.7. The van der Waals surface area contributed by atoms with Crippen LogP contribution in [0.1, 0.15) is 5.56 Å². The van der Waals surface area contributed by atoms with Crippen molar-refractivity contribution in [2.45, 2.75) is 6.92 Å². The molecule has 0 saturated carbocycles. The smallest absolute Gasteiger partial charge is 0.315 e. The van der Waals surface area contributed by atoms with Crippen LogP contribution in [-0.4, -0.2) is 16.8 Å². The summed E-state index contributed by atoms with van der Waals surface area (Å²) in [5.41, 5.74) is 1.39. The number of halogens is 1. The number of carbonyl (C=O) groups excluding carboxylic acids is 2. The molecule has 20 heavy (non-hydrogen) atoms. The number of aryl methyl sites for hydroxylation is 1. The van der Waals surface area contributed by atoms with Gasteiger partial charge in [0.25, 0.3) is 0 Å². The van der Waals surface area contributed by atoms with E-state index in [9.17, 15) is 9.59 Å². The molecule has 0 unspecified atom stereocenters. The Balaban J connectivity index is 2.01. The van der Waals surface area contributed by atoms with Crippen molar-refractivity contribution >= 4 is 34.9 Å². The molecule has 0 saturated heterocycles. The van der Waals surface area contributed by atoms with E-state index in [0.717, 1.165) is 5.56 Å². The van der Waals surface area contributed by atoms with Gasteiger partial charge >= 0.3 is 11.8 Å². The Morgan fingerprint density at radius 2 is 1.85 bits per heavy atom. The number of rotatable bonds is 2. The molecule has 102 valence electrons. The average molecular weight is 290 g/mol. The van der Waals surface area contributed by atoms with E-state index >= 15 is 0 Å². The summed E-state index contributed by atoms with van der Waals surface area (Å²) >= 11 is 5.79. The molecule has 1 aromatic heterocycles. The van der Waals surface area contributed by atoms with Gasteiger partial charge in [-0.2, -0.15) is 0 Å². The second kappa shape index (κ2) is 6.16. The van der Waals surface area contributed by atoms with Gasteiger partial charge in [-0.1, -0.05) is 17.7 Å². The summed E-state index contributed by atoms with van der Waals surface area (Å²) in [4.78, 5) is 27.4. The van der Waals surface area contributed by atoms with Gasteiger partial charge in [-0.05, 0) is 42.8 Å². The zero-order valence-corrected chi connectivity index (χ0v) is 11.4. The summed E-state index contributed by atoms with van der Waals surface area (Å²) in [6, 6.07) is 10.0. The Hall–Kier alpha value is -2.40. The standard InChI is InChI=1S/C14H12ClN3O2/c1-9-5-6-16-12(7-9)18-14(20)13(19)17-11-4-2-3-10(15)8-11/h2-8H,1H3,(H,17,19)(H,16,18,20). The normalized spacial score (nSPS) is 9.90. The van der Waals surface area contributed by atoms with E-state index in [4.69, 9.17) is 11.6 Å². The fourth-order valence-electron chi connectivity index (χ4n) is 1.53. The van der Waals surface area contributed by atoms with Crippen molar-refractivity contribution in [1.82, 2.24) is 4.98 Å². The number of nitrogens with one attached hydrogen (secondary N) is 2. The van der Waals surface area contributed by atoms with E-state index in [0.29, 0.717) is 16.5 Å². The summed E-state index contributed by atoms with van der Waals surface area (Å²) in [7, 11) is 0. The van der Waals surface area contributed by atoms with Crippen LogP contribution >= 0.6 is 11.6 Å². The minimum atomic E-state index is -0.789. The molecule has 0 atom stereocenters. The fraction of sp³-hybridized carbons (Fsp3) is 0.0714. The van der Waals surface area contributed by atoms with E-state index in [-0.39, 0.29) is 0 Å². The van der Waals surface area contributed by atoms with Crippen LogP contribution in [0.15, 0.2) is 42.6 Å². The Morgan fingerprint density at radius 1 is 1.10 bits per heavy atom. The minimum absolute atomic E-state index is 0.330. The number of anilines is 2. The third-order valence-corrected chi connectivity index (χ3v) is 2.68. The lowest BCUT2D eigenvalue weighted by molar-refractivity contribution is -0.133. The summed E-state index contributed by atoms with van der Waals surface area (Å²) in [5.74, 6) is -1.24. The molecule has 1 heterocycles. The monoisotopic (exact) mass is 289 g/mol. The summed E-state index contributed by atoms with van der Waals surface area (Å²) in [6.45, 7) is 1.86. The molecule has 2 rings (SSSR count). The minimum Gasteiger partial charge on any atom is -0.318 e. The highest BCUT2D eigenvalue weighted by molar-refractivity contribution is 6.43. The molecule has 0 aliphatic rings. The predicted octanol–water partition coefficient (Wildman–Crippen LogP) is 2.62. The van der Waals surface area contributed by atoms with Gasteiger partial charge in [-0.3, -0.25) is 9.59 Å². The van der Waals surface area contributed by atoms with Gasteiger partial charge in [0.15, 0.2) is 0 Å². The van der Waals surface area contributed by atoms with Crippen LogP contribution in [0.3, 0.4) is 0 Å². The molecule has 2 N–H and O–H groups in total. The number of pyridine rings is 1. The van der Waals surface area contributed by atoms with Crippen molar-refractivity contribution in [1.29, 1.82) is 0 Å². The van der Waals surface area contributed by atoms with Crippen LogP contribution in [0.4, 0.5) is 11.5 Å². The second-order valence-electron chi connectivity index (χ2n) is 4.14. The molecule has 0 aliphatic heterocycles. The van der Waals surface area contributed by atoms with Gasteiger partial charge in [-0.15, -0.1) is 0 Å². The predicted molar refractivity (Wildman–Crippen MR) is 77.7 cm³/mol. The first-order valence-corrected chi connectivity index (χ1v) is 6.23. The van der Waals surface area contributed by atoms with Crippen molar-refractivity contribution in [3.05, 3.63) is 53.2 Å². The van der Waals surface area contributed by atoms with Gasteiger partial charge in [0.2, 0.25) is 0 Å². The number of amides is 2. The van der Waals surface area contributed by atoms with Gasteiger partial charge in [-0.25, -0.2) is 4.98 Å². The Kier molecular flexibility index (Phi) is 4.32. The molecular weight excluding hydrogens is 278 g/mol. The molecule has 6 heteroatoms. The SMILES string of the molecule is Cc1ccnc(NC(=O)C(=O)Nc2cccc(Cl)c2)c1. The molecular formula is C14H12ClN3O2. The largest absolute Gasteiger partial charge is 0.318 e. The Bertz CT molecular complexity index is 601. The van der Waals surface area contributed by atoms with Crippen molar-refractivity contribution in [2.75, 3.05) is 10.6 Å². The zero-order chi connectivity index (χ0) is 14.5. The highest BCUT2D eigenvalue weighted by Gasteiger charge is 2.14. The first kappa shape index (κ1) is 14.0. The third-order valence-electron chi connectivity index (χ3n) is 2.45. The van der Waals surface area contributed by atoms with E-state index in [1.807, 2.05) is 6.92 Å². The lowest BCUT2D eigenvalue weighted by atomic mass is 10.3. The first-order valence-electron chi connectivity index (χ1n) is 5.85. The van der Waals surface area contributed by atoms with Gasteiger partial charge in [0.05, 0.1) is 0 Å². The summed E-state index contributed by atoms with van der Waals surface area (Å²) < 4.78 is 0. The van der Waals surface area contributed by atoms with Gasteiger partial charge in [0.1, 0.15) is 5.82 Å². The molecule has 0 spiro atoms. The van der Waals surface area contributed by atoms with Crippen LogP contribution in [0.25, 0.3) is 0 Å². The molecule has 2 aromatic rings.